The number of benzene rings is 3. The lowest BCUT2D eigenvalue weighted by molar-refractivity contribution is -0.137. The number of rotatable bonds is 9. The number of amides is 1. The standard InChI is InChI=1S/C26H22ClF3N4O3S2/c1-2-22(24(35)31-21-15-17(26(28,29)30)13-14-20(21)27)38-25-33-32-23(34(25)18-9-5-3-6-10-18)16-39(36,37)19-11-7-4-8-12-19/h3-15,22H,2,16H2,1H3,(H,31,35). The lowest BCUT2D eigenvalue weighted by atomic mass is 10.2. The number of alkyl halides is 3. The SMILES string of the molecule is CCC(Sc1nnc(CS(=O)(=O)c2ccccc2)n1-c1ccccc1)C(=O)Nc1cc(C(F)(F)F)ccc1Cl. The topological polar surface area (TPSA) is 93.9 Å². The number of hydrogen-bond donors (Lipinski definition) is 1. The molecule has 1 atom stereocenters. The molecule has 0 radical (unpaired) electrons. The largest absolute Gasteiger partial charge is 0.416 e. The van der Waals surface area contributed by atoms with E-state index in [0.717, 1.165) is 30.0 Å². The van der Waals surface area contributed by atoms with Crippen LogP contribution in [0, 0.1) is 0 Å². The first-order valence-corrected chi connectivity index (χ1v) is 14.5. The molecule has 0 saturated heterocycles. The number of anilines is 1. The molecule has 13 heteroatoms. The Hall–Kier alpha value is -3.35. The molecule has 3 aromatic carbocycles. The zero-order valence-electron chi connectivity index (χ0n) is 20.4. The maximum atomic E-state index is 13.2. The van der Waals surface area contributed by atoms with Crippen molar-refractivity contribution in [3.63, 3.8) is 0 Å². The van der Waals surface area contributed by atoms with Crippen LogP contribution in [0.25, 0.3) is 5.69 Å². The molecule has 204 valence electrons. The average molecular weight is 595 g/mol. The minimum Gasteiger partial charge on any atom is -0.324 e. The van der Waals surface area contributed by atoms with E-state index < -0.39 is 38.5 Å². The monoisotopic (exact) mass is 594 g/mol. The van der Waals surface area contributed by atoms with Gasteiger partial charge < -0.3 is 5.32 Å². The molecule has 0 aliphatic rings. The molecule has 1 N–H and O–H groups in total. The first-order valence-electron chi connectivity index (χ1n) is 11.6. The zero-order chi connectivity index (χ0) is 28.2. The van der Waals surface area contributed by atoms with Crippen LogP contribution in [0.1, 0.15) is 24.7 Å². The Morgan fingerprint density at radius 3 is 2.28 bits per heavy atom. The molecular formula is C26H22ClF3N4O3S2. The van der Waals surface area contributed by atoms with Crippen LogP contribution in [-0.4, -0.2) is 34.3 Å². The van der Waals surface area contributed by atoms with Crippen LogP contribution in [0.4, 0.5) is 18.9 Å². The van der Waals surface area contributed by atoms with Gasteiger partial charge in [0, 0.05) is 5.69 Å². The number of para-hydroxylation sites is 1. The average Bonchev–Trinajstić information content (AvgIpc) is 3.29. The van der Waals surface area contributed by atoms with E-state index in [1.807, 2.05) is 0 Å². The van der Waals surface area contributed by atoms with Gasteiger partial charge in [-0.15, -0.1) is 10.2 Å². The van der Waals surface area contributed by atoms with Crippen molar-refractivity contribution in [1.29, 1.82) is 0 Å². The third-order valence-corrected chi connectivity index (χ3v) is 8.86. The maximum absolute atomic E-state index is 13.2. The summed E-state index contributed by atoms with van der Waals surface area (Å²) in [5.74, 6) is -0.893. The van der Waals surface area contributed by atoms with Gasteiger partial charge in [0.25, 0.3) is 0 Å². The number of carbonyl (C=O) groups excluding carboxylic acids is 1. The van der Waals surface area contributed by atoms with Gasteiger partial charge in [-0.3, -0.25) is 9.36 Å². The number of aromatic nitrogens is 3. The Morgan fingerprint density at radius 2 is 1.67 bits per heavy atom. The summed E-state index contributed by atoms with van der Waals surface area (Å²) in [5, 5.41) is 10.2. The second kappa shape index (κ2) is 11.8. The summed E-state index contributed by atoms with van der Waals surface area (Å²) >= 11 is 7.06. The van der Waals surface area contributed by atoms with Gasteiger partial charge in [0.15, 0.2) is 20.8 Å². The highest BCUT2D eigenvalue weighted by Gasteiger charge is 2.32. The molecule has 0 aliphatic heterocycles. The van der Waals surface area contributed by atoms with Crippen molar-refractivity contribution in [3.05, 3.63) is 95.3 Å². The zero-order valence-corrected chi connectivity index (χ0v) is 22.8. The molecule has 4 aromatic rings. The van der Waals surface area contributed by atoms with E-state index in [4.69, 9.17) is 11.6 Å². The third-order valence-electron chi connectivity index (χ3n) is 5.60. The van der Waals surface area contributed by atoms with Gasteiger partial charge >= 0.3 is 6.18 Å². The summed E-state index contributed by atoms with van der Waals surface area (Å²) in [6.07, 6.45) is -4.32. The molecule has 4 rings (SSSR count). The molecular weight excluding hydrogens is 573 g/mol. The van der Waals surface area contributed by atoms with E-state index in [-0.39, 0.29) is 33.0 Å². The fraction of sp³-hybridized carbons (Fsp3) is 0.192. The normalized spacial score (nSPS) is 12.7. The van der Waals surface area contributed by atoms with Crippen LogP contribution in [0.2, 0.25) is 5.02 Å². The van der Waals surface area contributed by atoms with Crippen LogP contribution < -0.4 is 5.32 Å². The minimum absolute atomic E-state index is 0.0444. The molecule has 1 aromatic heterocycles. The lowest BCUT2D eigenvalue weighted by Gasteiger charge is -2.17. The van der Waals surface area contributed by atoms with Gasteiger partial charge in [0.1, 0.15) is 5.75 Å². The smallest absolute Gasteiger partial charge is 0.324 e. The van der Waals surface area contributed by atoms with Gasteiger partial charge in [-0.1, -0.05) is 66.7 Å². The molecule has 1 amide bonds. The van der Waals surface area contributed by atoms with Crippen molar-refractivity contribution < 1.29 is 26.4 Å². The Morgan fingerprint density at radius 1 is 1.03 bits per heavy atom. The number of nitrogens with zero attached hydrogens (tertiary/aromatic N) is 3. The maximum Gasteiger partial charge on any atom is 0.416 e. The quantitative estimate of drug-likeness (QED) is 0.225. The lowest BCUT2D eigenvalue weighted by Crippen LogP contribution is -2.25. The highest BCUT2D eigenvalue weighted by Crippen LogP contribution is 2.35. The number of halogens is 4. The number of carbonyl (C=O) groups is 1. The van der Waals surface area contributed by atoms with Crippen molar-refractivity contribution in [2.24, 2.45) is 0 Å². The predicted octanol–water partition coefficient (Wildman–Crippen LogP) is 6.42. The highest BCUT2D eigenvalue weighted by atomic mass is 35.5. The van der Waals surface area contributed by atoms with Crippen LogP contribution in [0.5, 0.6) is 0 Å². The van der Waals surface area contributed by atoms with E-state index in [9.17, 15) is 26.4 Å². The summed E-state index contributed by atoms with van der Waals surface area (Å²) < 4.78 is 67.2. The number of hydrogen-bond acceptors (Lipinski definition) is 6. The van der Waals surface area contributed by atoms with E-state index >= 15 is 0 Å². The molecule has 1 unspecified atom stereocenters. The van der Waals surface area contributed by atoms with Gasteiger partial charge in [-0.2, -0.15) is 13.2 Å². The molecule has 0 aliphatic carbocycles. The Bertz CT molecular complexity index is 1560. The summed E-state index contributed by atoms with van der Waals surface area (Å²) in [4.78, 5) is 13.2. The predicted molar refractivity (Wildman–Crippen MR) is 144 cm³/mol. The molecule has 0 saturated carbocycles. The van der Waals surface area contributed by atoms with Gasteiger partial charge in [-0.25, -0.2) is 8.42 Å². The van der Waals surface area contributed by atoms with E-state index in [0.29, 0.717) is 5.69 Å². The molecule has 0 fully saturated rings. The summed E-state index contributed by atoms with van der Waals surface area (Å²) in [7, 11) is -3.76. The van der Waals surface area contributed by atoms with Crippen molar-refractivity contribution >= 4 is 44.8 Å². The van der Waals surface area contributed by atoms with Gasteiger partial charge in [-0.05, 0) is 48.9 Å². The van der Waals surface area contributed by atoms with Crippen molar-refractivity contribution in [3.8, 4) is 5.69 Å². The second-order valence-electron chi connectivity index (χ2n) is 8.34. The Labute approximate surface area is 232 Å². The minimum atomic E-state index is -4.61. The van der Waals surface area contributed by atoms with Crippen LogP contribution in [0.15, 0.2) is 88.9 Å². The van der Waals surface area contributed by atoms with Gasteiger partial charge in [0.05, 0.1) is 26.4 Å². The molecule has 1 heterocycles. The fourth-order valence-corrected chi connectivity index (χ4v) is 6.07. The van der Waals surface area contributed by atoms with E-state index in [2.05, 4.69) is 15.5 Å². The van der Waals surface area contributed by atoms with Gasteiger partial charge in [0.2, 0.25) is 5.91 Å². The fourth-order valence-electron chi connectivity index (χ4n) is 3.65. The van der Waals surface area contributed by atoms with Crippen molar-refractivity contribution in [2.45, 2.75) is 40.6 Å². The summed E-state index contributed by atoms with van der Waals surface area (Å²) in [6.45, 7) is 1.73. The first-order chi connectivity index (χ1) is 18.5. The molecule has 39 heavy (non-hydrogen) atoms. The third kappa shape index (κ3) is 6.81. The van der Waals surface area contributed by atoms with Crippen LogP contribution in [-0.2, 0) is 26.6 Å². The summed E-state index contributed by atoms with van der Waals surface area (Å²) in [5.41, 5.74) is -0.537. The van der Waals surface area contributed by atoms with Crippen molar-refractivity contribution in [1.82, 2.24) is 14.8 Å². The summed E-state index contributed by atoms with van der Waals surface area (Å²) in [6, 6.07) is 19.4. The van der Waals surface area contributed by atoms with Crippen LogP contribution in [0.3, 0.4) is 0 Å². The second-order valence-corrected chi connectivity index (χ2v) is 11.9. The highest BCUT2D eigenvalue weighted by molar-refractivity contribution is 8.00. The Kier molecular flexibility index (Phi) is 8.67. The van der Waals surface area contributed by atoms with E-state index in [1.54, 1.807) is 60.0 Å². The Balaban J connectivity index is 1.64. The van der Waals surface area contributed by atoms with E-state index in [1.165, 1.54) is 12.1 Å². The van der Waals surface area contributed by atoms with Crippen molar-refractivity contribution in [2.75, 3.05) is 5.32 Å². The van der Waals surface area contributed by atoms with Crippen LogP contribution >= 0.6 is 23.4 Å². The first kappa shape index (κ1) is 28.7. The number of thioether (sulfide) groups is 1. The number of nitrogens with one attached hydrogen (secondary N) is 1. The molecule has 0 spiro atoms. The number of sulfone groups is 1. The molecule has 7 nitrogen and oxygen atoms in total. The molecule has 0 bridgehead atoms.